The average molecular weight is 355 g/mol. The number of alkyl halides is 3. The van der Waals surface area contributed by atoms with Gasteiger partial charge in [-0.15, -0.1) is 0 Å². The van der Waals surface area contributed by atoms with Crippen LogP contribution in [-0.2, 0) is 0 Å². The molecule has 1 aromatic carbocycles. The molecule has 0 atom stereocenters. The highest BCUT2D eigenvalue weighted by molar-refractivity contribution is 5.83. The molecule has 136 valence electrons. The highest BCUT2D eigenvalue weighted by Gasteiger charge is 2.54. The summed E-state index contributed by atoms with van der Waals surface area (Å²) in [7, 11) is 0. The number of likely N-dealkylation sites (tertiary alicyclic amines) is 1. The fourth-order valence-corrected chi connectivity index (χ4v) is 2.97. The molecule has 0 amide bonds. The summed E-state index contributed by atoms with van der Waals surface area (Å²) in [6.45, 7) is 2.93. The van der Waals surface area contributed by atoms with E-state index >= 15 is 0 Å². The SMILES string of the molecule is Cc1nc(OCCN2CCC(O)(C(F)(F)F)CC2)c2ccccc2n1. The van der Waals surface area contributed by atoms with Gasteiger partial charge in [0.05, 0.1) is 10.9 Å². The second-order valence-corrected chi connectivity index (χ2v) is 6.31. The molecule has 1 saturated heterocycles. The second kappa shape index (κ2) is 6.76. The summed E-state index contributed by atoms with van der Waals surface area (Å²) in [5.74, 6) is 1.08. The van der Waals surface area contributed by atoms with Crippen LogP contribution in [0, 0.1) is 6.92 Å². The zero-order valence-corrected chi connectivity index (χ0v) is 13.9. The van der Waals surface area contributed by atoms with Crippen molar-refractivity contribution in [2.45, 2.75) is 31.5 Å². The van der Waals surface area contributed by atoms with Crippen LogP contribution in [0.3, 0.4) is 0 Å². The van der Waals surface area contributed by atoms with Crippen LogP contribution in [0.2, 0.25) is 0 Å². The number of para-hydroxylation sites is 1. The standard InChI is InChI=1S/C17H20F3N3O2/c1-12-21-14-5-3-2-4-13(14)15(22-12)25-11-10-23-8-6-16(24,7-9-23)17(18,19)20/h2-5,24H,6-11H2,1H3. The summed E-state index contributed by atoms with van der Waals surface area (Å²) in [6, 6.07) is 7.50. The van der Waals surface area contributed by atoms with Gasteiger partial charge >= 0.3 is 6.18 Å². The Labute approximate surface area is 143 Å². The third-order valence-corrected chi connectivity index (χ3v) is 4.54. The Hall–Kier alpha value is -1.93. The highest BCUT2D eigenvalue weighted by atomic mass is 19.4. The smallest absolute Gasteiger partial charge is 0.417 e. The zero-order valence-electron chi connectivity index (χ0n) is 13.9. The number of benzene rings is 1. The molecule has 5 nitrogen and oxygen atoms in total. The molecule has 0 bridgehead atoms. The first-order chi connectivity index (χ1) is 11.8. The minimum Gasteiger partial charge on any atom is -0.476 e. The van der Waals surface area contributed by atoms with Gasteiger partial charge in [0.1, 0.15) is 12.4 Å². The third-order valence-electron chi connectivity index (χ3n) is 4.54. The number of aliphatic hydroxyl groups is 1. The van der Waals surface area contributed by atoms with Crippen LogP contribution in [0.5, 0.6) is 5.88 Å². The summed E-state index contributed by atoms with van der Waals surface area (Å²) >= 11 is 0. The number of aromatic nitrogens is 2. The van der Waals surface area contributed by atoms with Crippen molar-refractivity contribution in [1.29, 1.82) is 0 Å². The van der Waals surface area contributed by atoms with E-state index < -0.39 is 11.8 Å². The molecule has 1 aromatic heterocycles. The number of aryl methyl sites for hydroxylation is 1. The predicted molar refractivity (Wildman–Crippen MR) is 86.4 cm³/mol. The molecule has 0 aliphatic carbocycles. The first-order valence-electron chi connectivity index (χ1n) is 8.16. The lowest BCUT2D eigenvalue weighted by atomic mass is 9.91. The Morgan fingerprint density at radius 1 is 1.20 bits per heavy atom. The van der Waals surface area contributed by atoms with Gasteiger partial charge in [0, 0.05) is 19.6 Å². The number of rotatable bonds is 4. The molecule has 0 saturated carbocycles. The first kappa shape index (κ1) is 17.9. The first-order valence-corrected chi connectivity index (χ1v) is 8.16. The summed E-state index contributed by atoms with van der Waals surface area (Å²) < 4.78 is 44.2. The van der Waals surface area contributed by atoms with Gasteiger partial charge in [0.2, 0.25) is 5.88 Å². The van der Waals surface area contributed by atoms with Crippen molar-refractivity contribution in [3.05, 3.63) is 30.1 Å². The molecule has 3 rings (SSSR count). The molecule has 1 fully saturated rings. The Morgan fingerprint density at radius 3 is 2.56 bits per heavy atom. The molecule has 2 aromatic rings. The Balaban J connectivity index is 1.56. The maximum Gasteiger partial charge on any atom is 0.417 e. The topological polar surface area (TPSA) is 58.5 Å². The van der Waals surface area contributed by atoms with Gasteiger partial charge in [0.15, 0.2) is 5.60 Å². The van der Waals surface area contributed by atoms with Crippen molar-refractivity contribution in [3.8, 4) is 5.88 Å². The van der Waals surface area contributed by atoms with Crippen LogP contribution in [0.1, 0.15) is 18.7 Å². The third kappa shape index (κ3) is 3.85. The van der Waals surface area contributed by atoms with Crippen molar-refractivity contribution < 1.29 is 23.0 Å². The lowest BCUT2D eigenvalue weighted by molar-refractivity contribution is -0.272. The number of halogens is 3. The number of fused-ring (bicyclic) bond motifs is 1. The van der Waals surface area contributed by atoms with Crippen molar-refractivity contribution in [2.24, 2.45) is 0 Å². The molecular weight excluding hydrogens is 335 g/mol. The van der Waals surface area contributed by atoms with Gasteiger partial charge in [-0.3, -0.25) is 4.90 Å². The van der Waals surface area contributed by atoms with E-state index in [2.05, 4.69) is 9.97 Å². The highest BCUT2D eigenvalue weighted by Crippen LogP contribution is 2.38. The largest absolute Gasteiger partial charge is 0.476 e. The second-order valence-electron chi connectivity index (χ2n) is 6.31. The predicted octanol–water partition coefficient (Wildman–Crippen LogP) is 2.71. The molecule has 2 heterocycles. The van der Waals surface area contributed by atoms with Crippen molar-refractivity contribution >= 4 is 10.9 Å². The molecule has 1 aliphatic heterocycles. The number of hydrogen-bond donors (Lipinski definition) is 1. The fraction of sp³-hybridized carbons (Fsp3) is 0.529. The van der Waals surface area contributed by atoms with E-state index in [0.29, 0.717) is 24.9 Å². The maximum absolute atomic E-state index is 12.8. The number of piperidine rings is 1. The minimum absolute atomic E-state index is 0.183. The summed E-state index contributed by atoms with van der Waals surface area (Å²) in [5.41, 5.74) is -1.78. The molecule has 1 N–H and O–H groups in total. The van der Waals surface area contributed by atoms with E-state index in [1.165, 1.54) is 0 Å². The molecule has 0 radical (unpaired) electrons. The number of hydrogen-bond acceptors (Lipinski definition) is 5. The van der Waals surface area contributed by atoms with E-state index in [1.54, 1.807) is 6.92 Å². The molecular formula is C17H20F3N3O2. The summed E-state index contributed by atoms with van der Waals surface area (Å²) in [4.78, 5) is 10.5. The van der Waals surface area contributed by atoms with Gasteiger partial charge in [-0.25, -0.2) is 4.98 Å². The Morgan fingerprint density at radius 2 is 1.88 bits per heavy atom. The van der Waals surface area contributed by atoms with E-state index in [9.17, 15) is 18.3 Å². The number of nitrogens with zero attached hydrogens (tertiary/aromatic N) is 3. The van der Waals surface area contributed by atoms with Gasteiger partial charge in [-0.2, -0.15) is 18.2 Å². The van der Waals surface area contributed by atoms with Crippen molar-refractivity contribution in [3.63, 3.8) is 0 Å². The van der Waals surface area contributed by atoms with E-state index in [4.69, 9.17) is 4.74 Å². The van der Waals surface area contributed by atoms with E-state index in [0.717, 1.165) is 10.9 Å². The van der Waals surface area contributed by atoms with Gasteiger partial charge < -0.3 is 9.84 Å². The molecule has 25 heavy (non-hydrogen) atoms. The van der Waals surface area contributed by atoms with Crippen molar-refractivity contribution in [2.75, 3.05) is 26.2 Å². The van der Waals surface area contributed by atoms with Gasteiger partial charge in [0.25, 0.3) is 0 Å². The van der Waals surface area contributed by atoms with E-state index in [-0.39, 0.29) is 25.9 Å². The van der Waals surface area contributed by atoms with Gasteiger partial charge in [-0.05, 0) is 31.9 Å². The molecule has 0 unspecified atom stereocenters. The monoisotopic (exact) mass is 355 g/mol. The van der Waals surface area contributed by atoms with Crippen LogP contribution in [-0.4, -0.2) is 58.0 Å². The van der Waals surface area contributed by atoms with Crippen LogP contribution < -0.4 is 4.74 Å². The molecule has 0 spiro atoms. The van der Waals surface area contributed by atoms with E-state index in [1.807, 2.05) is 29.2 Å². The quantitative estimate of drug-likeness (QED) is 0.914. The zero-order chi connectivity index (χ0) is 18.1. The number of ether oxygens (including phenoxy) is 1. The molecule has 1 aliphatic rings. The maximum atomic E-state index is 12.8. The van der Waals surface area contributed by atoms with Crippen LogP contribution >= 0.6 is 0 Å². The lowest BCUT2D eigenvalue weighted by Gasteiger charge is -2.38. The fourth-order valence-electron chi connectivity index (χ4n) is 2.97. The summed E-state index contributed by atoms with van der Waals surface area (Å²) in [5, 5.41) is 10.5. The van der Waals surface area contributed by atoms with Gasteiger partial charge in [-0.1, -0.05) is 12.1 Å². The average Bonchev–Trinajstić information content (AvgIpc) is 2.55. The van der Waals surface area contributed by atoms with Crippen molar-refractivity contribution in [1.82, 2.24) is 14.9 Å². The lowest BCUT2D eigenvalue weighted by Crippen LogP contribution is -2.53. The van der Waals surface area contributed by atoms with Crippen LogP contribution in [0.25, 0.3) is 10.9 Å². The Kier molecular flexibility index (Phi) is 4.83. The summed E-state index contributed by atoms with van der Waals surface area (Å²) in [6.07, 6.45) is -5.20. The normalized spacial score (nSPS) is 18.4. The molecule has 8 heteroatoms. The Bertz CT molecular complexity index is 743. The van der Waals surface area contributed by atoms with Crippen LogP contribution in [0.15, 0.2) is 24.3 Å². The minimum atomic E-state index is -4.58. The van der Waals surface area contributed by atoms with Crippen LogP contribution in [0.4, 0.5) is 13.2 Å².